The maximum Gasteiger partial charge on any atom is 0.226 e. The molecule has 2 aliphatic heterocycles. The van der Waals surface area contributed by atoms with Crippen molar-refractivity contribution < 1.29 is 9.59 Å². The molecule has 0 spiro atoms. The minimum atomic E-state index is -0.226. The Morgan fingerprint density at radius 3 is 2.35 bits per heavy atom. The van der Waals surface area contributed by atoms with Gasteiger partial charge in [-0.05, 0) is 32.2 Å². The maximum atomic E-state index is 12.2. The Morgan fingerprint density at radius 1 is 1.12 bits per heavy atom. The number of hydrogen-bond donors (Lipinski definition) is 2. The van der Waals surface area contributed by atoms with Crippen LogP contribution in [-0.2, 0) is 9.59 Å². The van der Waals surface area contributed by atoms with E-state index in [9.17, 15) is 9.59 Å². The highest BCUT2D eigenvalue weighted by atomic mass is 16.2. The summed E-state index contributed by atoms with van der Waals surface area (Å²) in [6, 6.07) is 0. The van der Waals surface area contributed by atoms with Gasteiger partial charge in [-0.15, -0.1) is 0 Å². The van der Waals surface area contributed by atoms with Crippen LogP contribution in [-0.4, -0.2) is 42.9 Å². The summed E-state index contributed by atoms with van der Waals surface area (Å²) in [5.41, 5.74) is 5.28. The van der Waals surface area contributed by atoms with Gasteiger partial charge in [-0.1, -0.05) is 0 Å². The molecule has 5 nitrogen and oxygen atoms in total. The van der Waals surface area contributed by atoms with Gasteiger partial charge in [-0.2, -0.15) is 0 Å². The van der Waals surface area contributed by atoms with E-state index in [1.807, 2.05) is 4.90 Å². The second-order valence-corrected chi connectivity index (χ2v) is 5.05. The average Bonchev–Trinajstić information content (AvgIpc) is 2.39. The third kappa shape index (κ3) is 2.97. The van der Waals surface area contributed by atoms with Crippen molar-refractivity contribution in [3.05, 3.63) is 0 Å². The van der Waals surface area contributed by atoms with Crippen LogP contribution in [0.3, 0.4) is 0 Å². The molecule has 2 fully saturated rings. The molecule has 5 heteroatoms. The first-order valence-electron chi connectivity index (χ1n) is 6.47. The fourth-order valence-electron chi connectivity index (χ4n) is 2.71. The van der Waals surface area contributed by atoms with Gasteiger partial charge in [0.15, 0.2) is 0 Å². The summed E-state index contributed by atoms with van der Waals surface area (Å²) in [6.07, 6.45) is 3.51. The Kier molecular flexibility index (Phi) is 3.99. The molecule has 3 N–H and O–H groups in total. The van der Waals surface area contributed by atoms with Crippen LogP contribution in [0.4, 0.5) is 0 Å². The zero-order valence-corrected chi connectivity index (χ0v) is 10.2. The molecule has 0 bridgehead atoms. The lowest BCUT2D eigenvalue weighted by atomic mass is 9.93. The molecular weight excluding hydrogens is 218 g/mol. The number of likely N-dealkylation sites (tertiary alicyclic amines) is 1. The van der Waals surface area contributed by atoms with E-state index in [1.54, 1.807) is 0 Å². The molecule has 2 heterocycles. The van der Waals surface area contributed by atoms with Crippen LogP contribution in [0.1, 0.15) is 25.7 Å². The monoisotopic (exact) mass is 239 g/mol. The molecule has 0 aromatic carbocycles. The summed E-state index contributed by atoms with van der Waals surface area (Å²) >= 11 is 0. The fourth-order valence-corrected chi connectivity index (χ4v) is 2.71. The zero-order chi connectivity index (χ0) is 12.3. The Labute approximate surface area is 102 Å². The standard InChI is InChI=1S/C12H21N3O2/c13-11(16)9-3-6-15(7-4-9)12(17)10-2-1-5-14-8-10/h9-10,14H,1-8H2,(H2,13,16)/t10-/m1/s1. The van der Waals surface area contributed by atoms with E-state index in [0.29, 0.717) is 13.1 Å². The Balaban J connectivity index is 1.83. The number of nitrogens with one attached hydrogen (secondary N) is 1. The van der Waals surface area contributed by atoms with Crippen molar-refractivity contribution in [2.75, 3.05) is 26.2 Å². The van der Waals surface area contributed by atoms with Crippen LogP contribution in [0.25, 0.3) is 0 Å². The molecule has 0 saturated carbocycles. The van der Waals surface area contributed by atoms with Crippen molar-refractivity contribution in [3.63, 3.8) is 0 Å². The van der Waals surface area contributed by atoms with Gasteiger partial charge in [0.1, 0.15) is 0 Å². The Bertz CT molecular complexity index is 292. The van der Waals surface area contributed by atoms with E-state index < -0.39 is 0 Å². The molecule has 2 aliphatic rings. The molecular formula is C12H21N3O2. The molecule has 2 saturated heterocycles. The molecule has 2 rings (SSSR count). The SMILES string of the molecule is NC(=O)C1CCN(C(=O)[C@@H]2CCCNC2)CC1. The van der Waals surface area contributed by atoms with Gasteiger partial charge in [0.05, 0.1) is 5.92 Å². The second-order valence-electron chi connectivity index (χ2n) is 5.05. The highest BCUT2D eigenvalue weighted by Crippen LogP contribution is 2.20. The van der Waals surface area contributed by atoms with E-state index in [-0.39, 0.29) is 23.7 Å². The molecule has 2 amide bonds. The lowest BCUT2D eigenvalue weighted by molar-refractivity contribution is -0.139. The Hall–Kier alpha value is -1.10. The van der Waals surface area contributed by atoms with E-state index in [0.717, 1.165) is 38.8 Å². The predicted octanol–water partition coefficient (Wildman–Crippen LogP) is -0.290. The van der Waals surface area contributed by atoms with Crippen LogP contribution in [0, 0.1) is 11.8 Å². The van der Waals surface area contributed by atoms with Gasteiger partial charge >= 0.3 is 0 Å². The van der Waals surface area contributed by atoms with Crippen molar-refractivity contribution in [1.82, 2.24) is 10.2 Å². The lowest BCUT2D eigenvalue weighted by Gasteiger charge is -2.34. The third-order valence-corrected chi connectivity index (χ3v) is 3.86. The topological polar surface area (TPSA) is 75.4 Å². The zero-order valence-electron chi connectivity index (χ0n) is 10.2. The molecule has 0 aliphatic carbocycles. The quantitative estimate of drug-likeness (QED) is 0.695. The minimum Gasteiger partial charge on any atom is -0.369 e. The number of carbonyl (C=O) groups excluding carboxylic acids is 2. The number of primary amides is 1. The van der Waals surface area contributed by atoms with Gasteiger partial charge in [0.25, 0.3) is 0 Å². The van der Waals surface area contributed by atoms with Crippen LogP contribution in [0.2, 0.25) is 0 Å². The normalized spacial score (nSPS) is 26.8. The molecule has 0 aromatic rings. The molecule has 96 valence electrons. The maximum absolute atomic E-state index is 12.2. The lowest BCUT2D eigenvalue weighted by Crippen LogP contribution is -2.47. The van der Waals surface area contributed by atoms with Gasteiger partial charge in [-0.3, -0.25) is 9.59 Å². The molecule has 0 aromatic heterocycles. The van der Waals surface area contributed by atoms with Crippen molar-refractivity contribution >= 4 is 11.8 Å². The summed E-state index contributed by atoms with van der Waals surface area (Å²) in [6.45, 7) is 3.19. The van der Waals surface area contributed by atoms with Crippen LogP contribution >= 0.6 is 0 Å². The number of nitrogens with two attached hydrogens (primary N) is 1. The van der Waals surface area contributed by atoms with E-state index in [1.165, 1.54) is 0 Å². The van der Waals surface area contributed by atoms with Gasteiger partial charge < -0.3 is 16.0 Å². The number of carbonyl (C=O) groups is 2. The first-order valence-corrected chi connectivity index (χ1v) is 6.47. The van der Waals surface area contributed by atoms with Crippen LogP contribution in [0.5, 0.6) is 0 Å². The van der Waals surface area contributed by atoms with Gasteiger partial charge in [0.2, 0.25) is 11.8 Å². The van der Waals surface area contributed by atoms with Crippen molar-refractivity contribution in [1.29, 1.82) is 0 Å². The second kappa shape index (κ2) is 5.49. The summed E-state index contributed by atoms with van der Waals surface area (Å²) in [5.74, 6) is 0.119. The van der Waals surface area contributed by atoms with E-state index in [4.69, 9.17) is 5.73 Å². The van der Waals surface area contributed by atoms with Crippen LogP contribution in [0.15, 0.2) is 0 Å². The molecule has 0 unspecified atom stereocenters. The molecule has 1 atom stereocenters. The van der Waals surface area contributed by atoms with E-state index >= 15 is 0 Å². The minimum absolute atomic E-state index is 0.0384. The summed E-state index contributed by atoms with van der Waals surface area (Å²) < 4.78 is 0. The van der Waals surface area contributed by atoms with Crippen molar-refractivity contribution in [3.8, 4) is 0 Å². The number of amides is 2. The predicted molar refractivity (Wildman–Crippen MR) is 64.1 cm³/mol. The highest BCUT2D eigenvalue weighted by Gasteiger charge is 2.30. The molecule has 0 radical (unpaired) electrons. The smallest absolute Gasteiger partial charge is 0.226 e. The number of piperidine rings is 2. The summed E-state index contributed by atoms with van der Waals surface area (Å²) in [5, 5.41) is 3.26. The average molecular weight is 239 g/mol. The first kappa shape index (κ1) is 12.4. The largest absolute Gasteiger partial charge is 0.369 e. The number of hydrogen-bond acceptors (Lipinski definition) is 3. The third-order valence-electron chi connectivity index (χ3n) is 3.86. The van der Waals surface area contributed by atoms with Crippen LogP contribution < -0.4 is 11.1 Å². The Morgan fingerprint density at radius 2 is 1.82 bits per heavy atom. The number of nitrogens with zero attached hydrogens (tertiary/aromatic N) is 1. The fraction of sp³-hybridized carbons (Fsp3) is 0.833. The highest BCUT2D eigenvalue weighted by molar-refractivity contribution is 5.80. The summed E-state index contributed by atoms with van der Waals surface area (Å²) in [7, 11) is 0. The summed E-state index contributed by atoms with van der Waals surface area (Å²) in [4.78, 5) is 25.1. The van der Waals surface area contributed by atoms with Gasteiger partial charge in [-0.25, -0.2) is 0 Å². The molecule has 17 heavy (non-hydrogen) atoms. The van der Waals surface area contributed by atoms with E-state index in [2.05, 4.69) is 5.32 Å². The van der Waals surface area contributed by atoms with Gasteiger partial charge in [0, 0.05) is 25.6 Å². The van der Waals surface area contributed by atoms with Crippen molar-refractivity contribution in [2.45, 2.75) is 25.7 Å². The number of rotatable bonds is 2. The van der Waals surface area contributed by atoms with Crippen molar-refractivity contribution in [2.24, 2.45) is 17.6 Å². The first-order chi connectivity index (χ1) is 8.18.